The van der Waals surface area contributed by atoms with Crippen molar-refractivity contribution >= 4 is 44.1 Å². The predicted molar refractivity (Wildman–Crippen MR) is 264 cm³/mol. The number of para-hydroxylation sites is 8. The molecule has 328 valence electrons. The Hall–Kier alpha value is -9.16. The first-order valence-corrected chi connectivity index (χ1v) is 22.4. The van der Waals surface area contributed by atoms with Crippen LogP contribution < -0.4 is 0 Å². The number of hydrogen-bond donors (Lipinski definition) is 8. The first kappa shape index (κ1) is 39.2. The molecule has 8 bridgehead atoms. The van der Waals surface area contributed by atoms with Gasteiger partial charge in [0.1, 0.15) is 46.3 Å². The Labute approximate surface area is 387 Å². The number of hydrogen-bond acceptors (Lipinski definition) is 8. The van der Waals surface area contributed by atoms with Crippen LogP contribution in [0.3, 0.4) is 0 Å². The molecule has 0 aliphatic heterocycles. The van der Waals surface area contributed by atoms with Gasteiger partial charge in [0.2, 0.25) is 0 Å². The molecule has 0 radical (unpaired) electrons. The summed E-state index contributed by atoms with van der Waals surface area (Å²) in [5.74, 6) is 2.55. The summed E-state index contributed by atoms with van der Waals surface area (Å²) in [7, 11) is 0. The first-order chi connectivity index (χ1) is 33.2. The molecule has 0 saturated carbocycles. The van der Waals surface area contributed by atoms with Gasteiger partial charge in [0.05, 0.1) is 44.1 Å². The molecule has 13 rings (SSSR count). The quantitative estimate of drug-likeness (QED) is 0.0854. The average molecular weight is 889 g/mol. The van der Waals surface area contributed by atoms with Crippen LogP contribution in [0, 0.1) is 0 Å². The molecule has 1 aliphatic rings. The number of fused-ring (bicyclic) bond motifs is 12. The topological polar surface area (TPSA) is 196 Å². The van der Waals surface area contributed by atoms with Gasteiger partial charge in [0, 0.05) is 47.9 Å². The highest BCUT2D eigenvalue weighted by molar-refractivity contribution is 5.84. The fourth-order valence-electron chi connectivity index (χ4n) is 9.84. The van der Waals surface area contributed by atoms with E-state index in [-0.39, 0.29) is 48.7 Å². The summed E-state index contributed by atoms with van der Waals surface area (Å²) >= 11 is 0. The highest BCUT2D eigenvalue weighted by Gasteiger charge is 2.24. The number of aromatic hydroxyl groups is 4. The minimum Gasteiger partial charge on any atom is -0.507 e. The molecular formula is C56H40N8O4. The Morgan fingerprint density at radius 3 is 0.662 bits per heavy atom. The Morgan fingerprint density at radius 1 is 0.279 bits per heavy atom. The normalized spacial score (nSPS) is 12.7. The average Bonchev–Trinajstić information content (AvgIpc) is 4.18. The highest BCUT2D eigenvalue weighted by Crippen LogP contribution is 2.43. The van der Waals surface area contributed by atoms with E-state index >= 15 is 0 Å². The number of imidazole rings is 4. The maximum absolute atomic E-state index is 12.4. The lowest BCUT2D eigenvalue weighted by atomic mass is 9.88. The predicted octanol–water partition coefficient (Wildman–Crippen LogP) is 11.4. The first-order valence-electron chi connectivity index (χ1n) is 22.4. The molecule has 68 heavy (non-hydrogen) atoms. The van der Waals surface area contributed by atoms with E-state index in [0.29, 0.717) is 67.8 Å². The number of nitrogens with one attached hydrogen (secondary N) is 4. The second-order valence-corrected chi connectivity index (χ2v) is 17.7. The fraction of sp³-hybridized carbons (Fsp3) is 0.0714. The van der Waals surface area contributed by atoms with Crippen molar-refractivity contribution in [2.24, 2.45) is 0 Å². The summed E-state index contributed by atoms with van der Waals surface area (Å²) in [5.41, 5.74) is 13.9. The zero-order chi connectivity index (χ0) is 45.6. The number of aromatic nitrogens is 8. The van der Waals surface area contributed by atoms with Gasteiger partial charge in [-0.3, -0.25) is 0 Å². The molecule has 4 heterocycles. The minimum atomic E-state index is 0.0282. The maximum Gasteiger partial charge on any atom is 0.138 e. The van der Waals surface area contributed by atoms with Crippen LogP contribution in [0.1, 0.15) is 44.5 Å². The van der Waals surface area contributed by atoms with Crippen LogP contribution in [0.2, 0.25) is 0 Å². The zero-order valence-corrected chi connectivity index (χ0v) is 36.3. The van der Waals surface area contributed by atoms with E-state index < -0.39 is 0 Å². The molecular weight excluding hydrogens is 849 g/mol. The molecule has 0 unspecified atom stereocenters. The molecule has 0 fully saturated rings. The van der Waals surface area contributed by atoms with Crippen molar-refractivity contribution in [3.8, 4) is 68.5 Å². The Balaban J connectivity index is 1.06. The zero-order valence-electron chi connectivity index (χ0n) is 36.3. The molecule has 0 saturated heterocycles. The summed E-state index contributed by atoms with van der Waals surface area (Å²) in [5, 5.41) is 49.7. The van der Waals surface area contributed by atoms with Gasteiger partial charge in [-0.1, -0.05) is 48.5 Å². The van der Waals surface area contributed by atoms with Crippen molar-refractivity contribution in [3.05, 3.63) is 190 Å². The second kappa shape index (κ2) is 15.2. The summed E-state index contributed by atoms with van der Waals surface area (Å²) in [4.78, 5) is 33.6. The molecule has 8 aromatic carbocycles. The highest BCUT2D eigenvalue weighted by atomic mass is 16.3. The van der Waals surface area contributed by atoms with Gasteiger partial charge in [-0.05, 0) is 142 Å². The number of aromatic amines is 4. The van der Waals surface area contributed by atoms with Crippen molar-refractivity contribution in [1.82, 2.24) is 39.9 Å². The smallest absolute Gasteiger partial charge is 0.138 e. The van der Waals surface area contributed by atoms with Gasteiger partial charge in [-0.2, -0.15) is 0 Å². The van der Waals surface area contributed by atoms with Crippen LogP contribution in [0.5, 0.6) is 23.0 Å². The minimum absolute atomic E-state index is 0.0282. The lowest BCUT2D eigenvalue weighted by Crippen LogP contribution is -2.03. The van der Waals surface area contributed by atoms with Crippen molar-refractivity contribution < 1.29 is 20.4 Å². The Bertz CT molecular complexity index is 3270. The summed E-state index contributed by atoms with van der Waals surface area (Å²) < 4.78 is 0. The number of nitrogens with zero attached hydrogens (tertiary/aromatic N) is 4. The third kappa shape index (κ3) is 6.68. The van der Waals surface area contributed by atoms with Crippen molar-refractivity contribution in [2.45, 2.75) is 25.7 Å². The summed E-state index contributed by atoms with van der Waals surface area (Å²) in [6.45, 7) is 0. The van der Waals surface area contributed by atoms with Crippen molar-refractivity contribution in [3.63, 3.8) is 0 Å². The van der Waals surface area contributed by atoms with Crippen molar-refractivity contribution in [1.29, 1.82) is 0 Å². The SMILES string of the molecule is Oc1c2cc(-c3nc4ccccc4[nH]3)cc1Cc1cc(-c3nc4ccccc4[nH]3)cc(c1O)Cc1cc(-c3nc4ccccc4[nH]3)cc(c1O)Cc1cc(-c3nc4ccccc4[nH]3)cc(c1O)C2. The number of rotatable bonds is 4. The molecule has 4 aromatic heterocycles. The molecule has 12 heteroatoms. The molecule has 12 nitrogen and oxygen atoms in total. The molecule has 0 amide bonds. The standard InChI is InChI=1S/C56H40N8O4/c65-49-29-17-31-23-38(54-59-43-11-3-4-12-44(43)60-54)25-33(50(31)66)19-35-27-40(56-63-47-15-7-8-16-48(47)64-56)28-36(52(35)68)20-34-26-39(55-61-45-13-5-6-14-46(45)62-55)24-32(51(34)67)18-30(49)22-37(21-29)53-57-41-9-1-2-10-42(41)58-53/h1-16,21-28,65-68H,17-20H2,(H,57,58)(H,59,60)(H,61,62)(H,63,64). The third-order valence-electron chi connectivity index (χ3n) is 13.2. The monoisotopic (exact) mass is 888 g/mol. The van der Waals surface area contributed by atoms with Gasteiger partial charge < -0.3 is 40.4 Å². The van der Waals surface area contributed by atoms with Gasteiger partial charge >= 0.3 is 0 Å². The molecule has 1 aliphatic carbocycles. The number of phenols is 4. The number of phenolic OH excluding ortho intramolecular Hbond substituents is 4. The van der Waals surface area contributed by atoms with Crippen molar-refractivity contribution in [2.75, 3.05) is 0 Å². The van der Waals surface area contributed by atoms with E-state index in [1.807, 2.05) is 146 Å². The lowest BCUT2D eigenvalue weighted by Gasteiger charge is -2.19. The van der Waals surface area contributed by atoms with Gasteiger partial charge in [0.25, 0.3) is 0 Å². The summed E-state index contributed by atoms with van der Waals surface area (Å²) in [6.07, 6.45) is 0.470. The number of H-pyrrole nitrogens is 4. The van der Waals surface area contributed by atoms with Crippen LogP contribution in [-0.2, 0) is 25.7 Å². The van der Waals surface area contributed by atoms with E-state index in [1.54, 1.807) is 0 Å². The lowest BCUT2D eigenvalue weighted by molar-refractivity contribution is 0.450. The second-order valence-electron chi connectivity index (χ2n) is 17.7. The van der Waals surface area contributed by atoms with E-state index in [2.05, 4.69) is 19.9 Å². The molecule has 0 atom stereocenters. The van der Waals surface area contributed by atoms with Gasteiger partial charge in [-0.25, -0.2) is 19.9 Å². The van der Waals surface area contributed by atoms with Crippen LogP contribution in [-0.4, -0.2) is 60.3 Å². The van der Waals surface area contributed by atoms with E-state index in [9.17, 15) is 20.4 Å². The van der Waals surface area contributed by atoms with E-state index in [1.165, 1.54) is 0 Å². The van der Waals surface area contributed by atoms with Crippen LogP contribution in [0.4, 0.5) is 0 Å². The summed E-state index contributed by atoms with van der Waals surface area (Å²) in [6, 6.07) is 46.4. The van der Waals surface area contributed by atoms with E-state index in [4.69, 9.17) is 19.9 Å². The fourth-order valence-corrected chi connectivity index (χ4v) is 9.84. The molecule has 0 spiro atoms. The van der Waals surface area contributed by atoms with Crippen LogP contribution >= 0.6 is 0 Å². The third-order valence-corrected chi connectivity index (χ3v) is 13.2. The molecule has 12 aromatic rings. The molecule has 8 N–H and O–H groups in total. The van der Waals surface area contributed by atoms with Gasteiger partial charge in [0.15, 0.2) is 0 Å². The Kier molecular flexibility index (Phi) is 8.77. The maximum atomic E-state index is 12.4. The Morgan fingerprint density at radius 2 is 0.471 bits per heavy atom. The number of benzene rings is 8. The largest absolute Gasteiger partial charge is 0.507 e. The van der Waals surface area contributed by atoms with Crippen LogP contribution in [0.25, 0.3) is 89.7 Å². The van der Waals surface area contributed by atoms with E-state index in [0.717, 1.165) is 66.4 Å². The van der Waals surface area contributed by atoms with Crippen LogP contribution in [0.15, 0.2) is 146 Å². The van der Waals surface area contributed by atoms with Gasteiger partial charge in [-0.15, -0.1) is 0 Å².